The Morgan fingerprint density at radius 3 is 2.24 bits per heavy atom. The van der Waals surface area contributed by atoms with Gasteiger partial charge in [-0.3, -0.25) is 9.69 Å². The third-order valence-electron chi connectivity index (χ3n) is 5.31. The van der Waals surface area contributed by atoms with E-state index in [1.165, 1.54) is 0 Å². The van der Waals surface area contributed by atoms with Crippen LogP contribution in [0.4, 0.5) is 0 Å². The molecule has 0 aromatic carbocycles. The Balaban J connectivity index is 1.98. The molecule has 2 rings (SSSR count). The van der Waals surface area contributed by atoms with Crippen molar-refractivity contribution in [3.8, 4) is 0 Å². The summed E-state index contributed by atoms with van der Waals surface area (Å²) in [4.78, 5) is 22.2. The summed E-state index contributed by atoms with van der Waals surface area (Å²) in [5.41, 5.74) is 5.64. The number of ether oxygens (including phenoxy) is 3. The molecule has 2 aromatic heterocycles. The standard InChI is InChI=1S/C22H38N6O6/c1-2-32-18-34-14-12-28-10-7-25-21(28)16-26(8-4-3-5-19(23)22(30)31)15-20-24-6-9-27(20)11-13-33-17-29/h6-7,9-10,19,29H,2-5,8,11-18,23H2,1H3,(H,30,31). The fraction of sp³-hybridized carbons (Fsp3) is 0.682. The Morgan fingerprint density at radius 2 is 1.68 bits per heavy atom. The lowest BCUT2D eigenvalue weighted by Gasteiger charge is -2.23. The van der Waals surface area contributed by atoms with Gasteiger partial charge in [0.1, 0.15) is 31.3 Å². The van der Waals surface area contributed by atoms with Gasteiger partial charge in [0.05, 0.1) is 26.3 Å². The minimum absolute atomic E-state index is 0.272. The van der Waals surface area contributed by atoms with Crippen LogP contribution in [0.3, 0.4) is 0 Å². The highest BCUT2D eigenvalue weighted by molar-refractivity contribution is 5.72. The Hall–Kier alpha value is -2.35. The monoisotopic (exact) mass is 482 g/mol. The maximum Gasteiger partial charge on any atom is 0.320 e. The molecule has 0 aliphatic rings. The lowest BCUT2D eigenvalue weighted by molar-refractivity contribution is -0.138. The van der Waals surface area contributed by atoms with Crippen molar-refractivity contribution in [3.63, 3.8) is 0 Å². The predicted molar refractivity (Wildman–Crippen MR) is 124 cm³/mol. The van der Waals surface area contributed by atoms with Gasteiger partial charge in [0.2, 0.25) is 0 Å². The molecule has 0 saturated heterocycles. The predicted octanol–water partition coefficient (Wildman–Crippen LogP) is 0.641. The maximum absolute atomic E-state index is 11.0. The van der Waals surface area contributed by atoms with Crippen molar-refractivity contribution in [3.05, 3.63) is 36.4 Å². The van der Waals surface area contributed by atoms with Crippen molar-refractivity contribution in [2.45, 2.75) is 58.4 Å². The van der Waals surface area contributed by atoms with E-state index < -0.39 is 12.0 Å². The third kappa shape index (κ3) is 10.3. The maximum atomic E-state index is 11.0. The molecular formula is C22H38N6O6. The van der Waals surface area contributed by atoms with E-state index >= 15 is 0 Å². The zero-order chi connectivity index (χ0) is 24.6. The average molecular weight is 483 g/mol. The number of aromatic nitrogens is 4. The number of aliphatic carboxylic acids is 1. The second-order valence-corrected chi connectivity index (χ2v) is 7.78. The number of carboxylic acid groups (broad SMARTS) is 1. The van der Waals surface area contributed by atoms with Crippen LogP contribution in [0.25, 0.3) is 0 Å². The number of aliphatic hydroxyl groups excluding tert-OH is 1. The lowest BCUT2D eigenvalue weighted by atomic mass is 10.1. The summed E-state index contributed by atoms with van der Waals surface area (Å²) in [5, 5.41) is 17.9. The van der Waals surface area contributed by atoms with E-state index in [1.807, 2.05) is 23.9 Å². The number of hydrogen-bond donors (Lipinski definition) is 3. The SMILES string of the molecule is CCOCOCCn1ccnc1CN(CCCCC(N)C(=O)O)Cc1nccn1CCOCO. The Labute approximate surface area is 200 Å². The molecule has 192 valence electrons. The number of hydrogen-bond acceptors (Lipinski definition) is 9. The molecule has 0 amide bonds. The van der Waals surface area contributed by atoms with Gasteiger partial charge >= 0.3 is 5.97 Å². The summed E-state index contributed by atoms with van der Waals surface area (Å²) in [6.07, 6.45) is 9.27. The number of nitrogens with two attached hydrogens (primary N) is 1. The molecule has 34 heavy (non-hydrogen) atoms. The molecule has 4 N–H and O–H groups in total. The smallest absolute Gasteiger partial charge is 0.320 e. The van der Waals surface area contributed by atoms with Crippen LogP contribution < -0.4 is 5.73 Å². The molecule has 0 fully saturated rings. The summed E-state index contributed by atoms with van der Waals surface area (Å²) in [7, 11) is 0. The first-order valence-electron chi connectivity index (χ1n) is 11.6. The number of carboxylic acids is 1. The summed E-state index contributed by atoms with van der Waals surface area (Å²) in [6, 6.07) is -0.838. The van der Waals surface area contributed by atoms with Crippen LogP contribution in [-0.2, 0) is 45.2 Å². The molecule has 1 unspecified atom stereocenters. The minimum atomic E-state index is -0.974. The van der Waals surface area contributed by atoms with Crippen LogP contribution in [-0.4, -0.2) is 86.2 Å². The van der Waals surface area contributed by atoms with Crippen molar-refractivity contribution in [1.82, 2.24) is 24.0 Å². The van der Waals surface area contributed by atoms with Crippen molar-refractivity contribution in [2.24, 2.45) is 5.73 Å². The van der Waals surface area contributed by atoms with E-state index in [9.17, 15) is 4.79 Å². The summed E-state index contributed by atoms with van der Waals surface area (Å²) in [6.45, 7) is 6.58. The van der Waals surface area contributed by atoms with E-state index in [1.54, 1.807) is 12.4 Å². The molecule has 0 aliphatic carbocycles. The second kappa shape index (κ2) is 16.3. The summed E-state index contributed by atoms with van der Waals surface area (Å²) in [5.74, 6) is 0.809. The molecule has 12 nitrogen and oxygen atoms in total. The van der Waals surface area contributed by atoms with Crippen LogP contribution in [0, 0.1) is 0 Å². The van der Waals surface area contributed by atoms with Gasteiger partial charge in [-0.25, -0.2) is 9.97 Å². The highest BCUT2D eigenvalue weighted by Crippen LogP contribution is 2.11. The zero-order valence-corrected chi connectivity index (χ0v) is 19.9. The number of imidazole rings is 2. The quantitative estimate of drug-likeness (QED) is 0.181. The van der Waals surface area contributed by atoms with Crippen LogP contribution in [0.5, 0.6) is 0 Å². The largest absolute Gasteiger partial charge is 0.480 e. The number of carbonyl (C=O) groups is 1. The van der Waals surface area contributed by atoms with Crippen LogP contribution in [0.15, 0.2) is 24.8 Å². The van der Waals surface area contributed by atoms with Crippen molar-refractivity contribution >= 4 is 5.97 Å². The van der Waals surface area contributed by atoms with E-state index in [2.05, 4.69) is 19.4 Å². The topological polar surface area (TPSA) is 150 Å². The van der Waals surface area contributed by atoms with Gasteiger partial charge in [-0.05, 0) is 26.3 Å². The number of rotatable bonds is 20. The van der Waals surface area contributed by atoms with Crippen LogP contribution in [0.1, 0.15) is 37.8 Å². The minimum Gasteiger partial charge on any atom is -0.480 e. The van der Waals surface area contributed by atoms with Crippen molar-refractivity contribution < 1.29 is 29.2 Å². The molecule has 0 radical (unpaired) electrons. The van der Waals surface area contributed by atoms with Gasteiger partial charge in [0.15, 0.2) is 0 Å². The van der Waals surface area contributed by atoms with Crippen LogP contribution >= 0.6 is 0 Å². The number of nitrogens with zero attached hydrogens (tertiary/aromatic N) is 5. The Kier molecular flexibility index (Phi) is 13.4. The van der Waals surface area contributed by atoms with E-state index in [4.69, 9.17) is 30.2 Å². The number of aliphatic hydroxyl groups is 1. The third-order valence-corrected chi connectivity index (χ3v) is 5.31. The molecule has 0 bridgehead atoms. The van der Waals surface area contributed by atoms with Gasteiger partial charge in [0.25, 0.3) is 0 Å². The Bertz CT molecular complexity index is 813. The summed E-state index contributed by atoms with van der Waals surface area (Å²) < 4.78 is 19.8. The number of unbranched alkanes of at least 4 members (excludes halogenated alkanes) is 1. The molecule has 0 saturated carbocycles. The van der Waals surface area contributed by atoms with Crippen molar-refractivity contribution in [1.29, 1.82) is 0 Å². The van der Waals surface area contributed by atoms with Gasteiger partial charge in [-0.15, -0.1) is 0 Å². The van der Waals surface area contributed by atoms with Crippen molar-refractivity contribution in [2.75, 3.05) is 40.0 Å². The normalized spacial score (nSPS) is 12.5. The van der Waals surface area contributed by atoms with Gasteiger partial charge in [-0.2, -0.15) is 0 Å². The highest BCUT2D eigenvalue weighted by Gasteiger charge is 2.15. The molecule has 1 atom stereocenters. The first-order chi connectivity index (χ1) is 16.5. The second-order valence-electron chi connectivity index (χ2n) is 7.78. The van der Waals surface area contributed by atoms with Gasteiger partial charge in [-0.1, -0.05) is 6.42 Å². The molecule has 12 heteroatoms. The average Bonchev–Trinajstić information content (AvgIpc) is 3.45. The zero-order valence-electron chi connectivity index (χ0n) is 19.9. The fourth-order valence-corrected chi connectivity index (χ4v) is 3.42. The fourth-order valence-electron chi connectivity index (χ4n) is 3.42. The summed E-state index contributed by atoms with van der Waals surface area (Å²) >= 11 is 0. The molecular weight excluding hydrogens is 444 g/mol. The van der Waals surface area contributed by atoms with E-state index in [0.717, 1.165) is 24.6 Å². The highest BCUT2D eigenvalue weighted by atomic mass is 16.7. The van der Waals surface area contributed by atoms with Gasteiger partial charge < -0.3 is 39.3 Å². The molecule has 0 aliphatic heterocycles. The van der Waals surface area contributed by atoms with E-state index in [0.29, 0.717) is 58.8 Å². The molecule has 0 spiro atoms. The van der Waals surface area contributed by atoms with Gasteiger partial charge in [0, 0.05) is 44.5 Å². The Morgan fingerprint density at radius 1 is 1.06 bits per heavy atom. The first-order valence-corrected chi connectivity index (χ1v) is 11.6. The molecule has 2 heterocycles. The lowest BCUT2D eigenvalue weighted by Crippen LogP contribution is -2.31. The first kappa shape index (κ1) is 27.9. The molecule has 2 aromatic rings. The van der Waals surface area contributed by atoms with E-state index in [-0.39, 0.29) is 13.6 Å². The van der Waals surface area contributed by atoms with Crippen LogP contribution in [0.2, 0.25) is 0 Å².